The summed E-state index contributed by atoms with van der Waals surface area (Å²) in [6, 6.07) is 0. The standard InChI is InChI=1S/C10H16N4/c1-14-7-9(13-8-14)4-6-12-10-3-2-5-11-10/h7-8H,2-6H2,1H3,(H,11,12). The van der Waals surface area contributed by atoms with Gasteiger partial charge in [0.2, 0.25) is 0 Å². The molecule has 0 saturated heterocycles. The Bertz CT molecular complexity index is 327. The van der Waals surface area contributed by atoms with Crippen molar-refractivity contribution in [2.24, 2.45) is 12.0 Å². The number of rotatable bonds is 3. The fourth-order valence-electron chi connectivity index (χ4n) is 1.61. The first-order chi connectivity index (χ1) is 6.84. The average molecular weight is 192 g/mol. The molecule has 76 valence electrons. The molecule has 4 heteroatoms. The summed E-state index contributed by atoms with van der Waals surface area (Å²) < 4.78 is 1.97. The van der Waals surface area contributed by atoms with Gasteiger partial charge in [-0.3, -0.25) is 4.99 Å². The van der Waals surface area contributed by atoms with Crippen molar-refractivity contribution in [3.63, 3.8) is 0 Å². The molecule has 1 aliphatic rings. The van der Waals surface area contributed by atoms with Gasteiger partial charge in [0.15, 0.2) is 0 Å². The predicted octanol–water partition coefficient (Wildman–Crippen LogP) is 0.744. The minimum atomic E-state index is 0.940. The molecule has 0 atom stereocenters. The van der Waals surface area contributed by atoms with Gasteiger partial charge in [0.25, 0.3) is 0 Å². The lowest BCUT2D eigenvalue weighted by Gasteiger charge is -2.03. The van der Waals surface area contributed by atoms with Crippen molar-refractivity contribution in [2.45, 2.75) is 19.3 Å². The number of nitrogens with one attached hydrogen (secondary N) is 1. The van der Waals surface area contributed by atoms with Crippen LogP contribution in [0.2, 0.25) is 0 Å². The number of hydrogen-bond acceptors (Lipinski definition) is 3. The van der Waals surface area contributed by atoms with Gasteiger partial charge in [0.1, 0.15) is 0 Å². The lowest BCUT2D eigenvalue weighted by Crippen LogP contribution is -2.23. The number of aromatic nitrogens is 2. The molecule has 14 heavy (non-hydrogen) atoms. The highest BCUT2D eigenvalue weighted by Gasteiger charge is 2.04. The summed E-state index contributed by atoms with van der Waals surface area (Å²) in [6.07, 6.45) is 7.18. The van der Waals surface area contributed by atoms with E-state index in [4.69, 9.17) is 0 Å². The van der Waals surface area contributed by atoms with Crippen LogP contribution in [0.5, 0.6) is 0 Å². The van der Waals surface area contributed by atoms with Crippen molar-refractivity contribution in [3.8, 4) is 0 Å². The monoisotopic (exact) mass is 192 g/mol. The minimum Gasteiger partial charge on any atom is -0.373 e. The van der Waals surface area contributed by atoms with Crippen LogP contribution in [-0.2, 0) is 13.5 Å². The maximum Gasteiger partial charge on any atom is 0.0963 e. The van der Waals surface area contributed by atoms with E-state index in [9.17, 15) is 0 Å². The third kappa shape index (κ3) is 2.34. The second-order valence-electron chi connectivity index (χ2n) is 3.64. The number of nitrogens with zero attached hydrogens (tertiary/aromatic N) is 3. The fourth-order valence-corrected chi connectivity index (χ4v) is 1.61. The summed E-state index contributed by atoms with van der Waals surface area (Å²) in [4.78, 5) is 8.62. The van der Waals surface area contributed by atoms with E-state index < -0.39 is 0 Å². The molecule has 1 aromatic heterocycles. The van der Waals surface area contributed by atoms with Crippen LogP contribution in [-0.4, -0.2) is 28.5 Å². The van der Waals surface area contributed by atoms with Crippen LogP contribution >= 0.6 is 0 Å². The van der Waals surface area contributed by atoms with Crippen molar-refractivity contribution in [1.82, 2.24) is 14.9 Å². The van der Waals surface area contributed by atoms with Gasteiger partial charge in [0.05, 0.1) is 17.9 Å². The summed E-state index contributed by atoms with van der Waals surface area (Å²) in [6.45, 7) is 1.93. The van der Waals surface area contributed by atoms with Gasteiger partial charge in [0, 0.05) is 39.2 Å². The summed E-state index contributed by atoms with van der Waals surface area (Å²) in [7, 11) is 1.99. The average Bonchev–Trinajstić information content (AvgIpc) is 2.77. The molecule has 2 heterocycles. The van der Waals surface area contributed by atoms with Crippen LogP contribution in [0.25, 0.3) is 0 Å². The first kappa shape index (κ1) is 9.24. The molecule has 4 nitrogen and oxygen atoms in total. The molecule has 0 amide bonds. The van der Waals surface area contributed by atoms with E-state index >= 15 is 0 Å². The van der Waals surface area contributed by atoms with Crippen molar-refractivity contribution in [1.29, 1.82) is 0 Å². The summed E-state index contributed by atoms with van der Waals surface area (Å²) in [5.74, 6) is 1.17. The Labute approximate surface area is 84.1 Å². The highest BCUT2D eigenvalue weighted by atomic mass is 15.0. The smallest absolute Gasteiger partial charge is 0.0963 e. The number of hydrogen-bond donors (Lipinski definition) is 1. The zero-order chi connectivity index (χ0) is 9.80. The van der Waals surface area contributed by atoms with Gasteiger partial charge in [-0.15, -0.1) is 0 Å². The Kier molecular flexibility index (Phi) is 2.81. The van der Waals surface area contributed by atoms with E-state index in [1.54, 1.807) is 0 Å². The predicted molar refractivity (Wildman–Crippen MR) is 56.5 cm³/mol. The highest BCUT2D eigenvalue weighted by molar-refractivity contribution is 5.83. The summed E-state index contributed by atoms with van der Waals surface area (Å²) in [5, 5.41) is 3.34. The van der Waals surface area contributed by atoms with Crippen molar-refractivity contribution in [2.75, 3.05) is 13.1 Å². The Morgan fingerprint density at radius 1 is 1.57 bits per heavy atom. The number of aliphatic imine (C=N–C) groups is 1. The van der Waals surface area contributed by atoms with Gasteiger partial charge in [-0.05, 0) is 6.42 Å². The third-order valence-corrected chi connectivity index (χ3v) is 2.34. The first-order valence-electron chi connectivity index (χ1n) is 5.08. The van der Waals surface area contributed by atoms with Gasteiger partial charge < -0.3 is 9.88 Å². The molecule has 0 saturated carbocycles. The topological polar surface area (TPSA) is 42.2 Å². The van der Waals surface area contributed by atoms with E-state index in [1.165, 1.54) is 12.3 Å². The molecule has 0 spiro atoms. The largest absolute Gasteiger partial charge is 0.373 e. The zero-order valence-corrected chi connectivity index (χ0v) is 8.53. The molecule has 1 N–H and O–H groups in total. The normalized spacial score (nSPS) is 15.6. The van der Waals surface area contributed by atoms with E-state index in [-0.39, 0.29) is 0 Å². The fraction of sp³-hybridized carbons (Fsp3) is 0.600. The maximum absolute atomic E-state index is 4.35. The van der Waals surface area contributed by atoms with E-state index in [0.717, 1.165) is 31.6 Å². The van der Waals surface area contributed by atoms with Crippen molar-refractivity contribution < 1.29 is 0 Å². The molecule has 2 rings (SSSR count). The summed E-state index contributed by atoms with van der Waals surface area (Å²) >= 11 is 0. The quantitative estimate of drug-likeness (QED) is 0.767. The van der Waals surface area contributed by atoms with Crippen LogP contribution in [0.1, 0.15) is 18.5 Å². The van der Waals surface area contributed by atoms with Gasteiger partial charge >= 0.3 is 0 Å². The minimum absolute atomic E-state index is 0.940. The molecular formula is C10H16N4. The van der Waals surface area contributed by atoms with E-state index in [1.807, 2.05) is 17.9 Å². The van der Waals surface area contributed by atoms with Crippen molar-refractivity contribution >= 4 is 5.84 Å². The van der Waals surface area contributed by atoms with Crippen LogP contribution in [0.15, 0.2) is 17.5 Å². The molecular weight excluding hydrogens is 176 g/mol. The molecule has 0 bridgehead atoms. The Balaban J connectivity index is 1.72. The highest BCUT2D eigenvalue weighted by Crippen LogP contribution is 2.01. The van der Waals surface area contributed by atoms with Gasteiger partial charge in [-0.1, -0.05) is 0 Å². The first-order valence-corrected chi connectivity index (χ1v) is 5.08. The van der Waals surface area contributed by atoms with Crippen LogP contribution in [0.4, 0.5) is 0 Å². The van der Waals surface area contributed by atoms with E-state index in [0.29, 0.717) is 0 Å². The lowest BCUT2D eigenvalue weighted by atomic mass is 10.3. The van der Waals surface area contributed by atoms with Gasteiger partial charge in [-0.25, -0.2) is 4.98 Å². The van der Waals surface area contributed by atoms with Gasteiger partial charge in [-0.2, -0.15) is 0 Å². The maximum atomic E-state index is 4.35. The second kappa shape index (κ2) is 4.26. The second-order valence-corrected chi connectivity index (χ2v) is 3.64. The Morgan fingerprint density at radius 3 is 3.14 bits per heavy atom. The third-order valence-electron chi connectivity index (χ3n) is 2.34. The number of aryl methyl sites for hydroxylation is 1. The van der Waals surface area contributed by atoms with Crippen LogP contribution in [0.3, 0.4) is 0 Å². The molecule has 0 aromatic carbocycles. The molecule has 0 aliphatic carbocycles. The Morgan fingerprint density at radius 2 is 2.50 bits per heavy atom. The Hall–Kier alpha value is -1.32. The lowest BCUT2D eigenvalue weighted by molar-refractivity contribution is 0.833. The molecule has 0 radical (unpaired) electrons. The van der Waals surface area contributed by atoms with E-state index in [2.05, 4.69) is 21.5 Å². The molecule has 0 unspecified atom stereocenters. The molecule has 0 fully saturated rings. The number of amidine groups is 1. The zero-order valence-electron chi connectivity index (χ0n) is 8.53. The summed E-state index contributed by atoms with van der Waals surface area (Å²) in [5.41, 5.74) is 1.14. The van der Waals surface area contributed by atoms with Crippen molar-refractivity contribution in [3.05, 3.63) is 18.2 Å². The van der Waals surface area contributed by atoms with Crippen LogP contribution < -0.4 is 5.32 Å². The van der Waals surface area contributed by atoms with Crippen LogP contribution in [0, 0.1) is 0 Å². The SMILES string of the molecule is Cn1cnc(CCNC2=NCCC2)c1. The molecule has 1 aromatic rings. The molecule has 1 aliphatic heterocycles. The number of imidazole rings is 1.